The molecule has 30 heteroatoms. The predicted octanol–water partition coefficient (Wildman–Crippen LogP) is 12.8. The number of rotatable bonds is 23. The molecule has 9 N–H and O–H groups in total. The van der Waals surface area contributed by atoms with Crippen LogP contribution in [0, 0.1) is 45.9 Å². The third kappa shape index (κ3) is 23.6. The van der Waals surface area contributed by atoms with Crippen molar-refractivity contribution in [1.29, 1.82) is 5.26 Å². The van der Waals surface area contributed by atoms with Crippen molar-refractivity contribution in [2.24, 2.45) is 5.73 Å². The summed E-state index contributed by atoms with van der Waals surface area (Å²) in [7, 11) is 0. The van der Waals surface area contributed by atoms with E-state index in [4.69, 9.17) is 31.4 Å². The second-order valence-electron chi connectivity index (χ2n) is 32.1. The summed E-state index contributed by atoms with van der Waals surface area (Å²) in [6.07, 6.45) is 6.12. The second kappa shape index (κ2) is 42.4. The number of aryl methyl sites for hydroxylation is 8. The van der Waals surface area contributed by atoms with Gasteiger partial charge in [-0.25, -0.2) is 0 Å². The van der Waals surface area contributed by atoms with Gasteiger partial charge in [-0.1, -0.05) is 91.0 Å². The fourth-order valence-electron chi connectivity index (χ4n) is 16.1. The Morgan fingerprint density at radius 3 is 0.903 bits per heavy atom. The smallest absolute Gasteiger partial charge is 0.219 e. The molecule has 30 nitrogen and oxygen atoms in total. The Morgan fingerprint density at radius 2 is 0.637 bits per heavy atom. The highest BCUT2D eigenvalue weighted by atomic mass is 16.3. The van der Waals surface area contributed by atoms with Gasteiger partial charge in [-0.05, 0) is 142 Å². The second-order valence-corrected chi connectivity index (χ2v) is 32.1. The molecule has 0 saturated heterocycles. The minimum atomic E-state index is -0.349. The maximum absolute atomic E-state index is 11.9. The zero-order valence-corrected chi connectivity index (χ0v) is 72.9. The SMILES string of the molecule is CC(=O)N1CCc2c(c(Nc3cccc(C)c3)nn2CCC(N)=O)C1.CC(=O)N1CCc2c(c(Nc3cccc(C)c3)nn2CCCC#N)C1.CC(=O)N1CCc2c(c(Nc3cccc(C)c3)nn2CCCO)C1.CC(=O)N1CCc2c(c(Nc3cccc(C)c3)nn2CCO)C1.CC(=O)N1CCc2c(c(Nc3cccc(C)c3)nn2Cc2ccccc2)C1. The van der Waals surface area contributed by atoms with Crippen LogP contribution in [0.5, 0.6) is 0 Å². The molecule has 5 aliphatic heterocycles. The monoisotopic (exact) mass is 1680 g/mol. The quantitative estimate of drug-likeness (QED) is 0.0276. The largest absolute Gasteiger partial charge is 0.396 e. The molecule has 5 aliphatic rings. The molecule has 6 amide bonds. The first-order chi connectivity index (χ1) is 59.8. The zero-order valence-electron chi connectivity index (χ0n) is 72.9. The highest BCUT2D eigenvalue weighted by Crippen LogP contribution is 2.36. The van der Waals surface area contributed by atoms with Gasteiger partial charge in [-0.3, -0.25) is 52.2 Å². The van der Waals surface area contributed by atoms with Crippen LogP contribution in [0.15, 0.2) is 152 Å². The Bertz CT molecular complexity index is 5630. The van der Waals surface area contributed by atoms with Gasteiger partial charge >= 0.3 is 0 Å². The molecule has 0 saturated carbocycles. The van der Waals surface area contributed by atoms with E-state index in [9.17, 15) is 33.9 Å². The zero-order chi connectivity index (χ0) is 88.1. The number of hydrogen-bond donors (Lipinski definition) is 8. The summed E-state index contributed by atoms with van der Waals surface area (Å²) in [4.78, 5) is 79.2. The number of anilines is 10. The highest BCUT2D eigenvalue weighted by molar-refractivity contribution is 5.78. The Kier molecular flexibility index (Phi) is 30.7. The summed E-state index contributed by atoms with van der Waals surface area (Å²) < 4.78 is 9.75. The van der Waals surface area contributed by atoms with E-state index in [2.05, 4.69) is 135 Å². The maximum Gasteiger partial charge on any atom is 0.219 e. The van der Waals surface area contributed by atoms with Crippen LogP contribution in [0.2, 0.25) is 0 Å². The molecule has 5 aromatic heterocycles. The van der Waals surface area contributed by atoms with Gasteiger partial charge in [0.05, 0.1) is 65.0 Å². The molecule has 0 radical (unpaired) electrons. The summed E-state index contributed by atoms with van der Waals surface area (Å²) >= 11 is 0. The van der Waals surface area contributed by atoms with Gasteiger partial charge in [0, 0.05) is 217 Å². The normalized spacial score (nSPS) is 13.5. The van der Waals surface area contributed by atoms with E-state index < -0.39 is 0 Å². The highest BCUT2D eigenvalue weighted by Gasteiger charge is 2.32. The number of hydrogen-bond acceptors (Lipinski definition) is 19. The van der Waals surface area contributed by atoms with Crippen molar-refractivity contribution in [1.82, 2.24) is 73.4 Å². The first-order valence-electron chi connectivity index (χ1n) is 42.6. The van der Waals surface area contributed by atoms with Crippen LogP contribution in [0.3, 0.4) is 0 Å². The van der Waals surface area contributed by atoms with Crippen molar-refractivity contribution in [2.75, 3.05) is 72.5 Å². The van der Waals surface area contributed by atoms with Crippen molar-refractivity contribution in [2.45, 2.75) is 192 Å². The van der Waals surface area contributed by atoms with E-state index in [0.717, 1.165) is 179 Å². The fraction of sp³-hybridized carbons (Fsp3) is 0.383. The molecule has 6 aromatic carbocycles. The summed E-state index contributed by atoms with van der Waals surface area (Å²) in [6.45, 7) is 27.9. The molecular formula is C94H116N22O8. The van der Waals surface area contributed by atoms with Crippen molar-refractivity contribution >= 4 is 93.0 Å². The Balaban J connectivity index is 0.000000141. The van der Waals surface area contributed by atoms with Crippen molar-refractivity contribution in [3.8, 4) is 6.07 Å². The molecule has 124 heavy (non-hydrogen) atoms. The van der Waals surface area contributed by atoms with Gasteiger partial charge in [0.1, 0.15) is 0 Å². The summed E-state index contributed by atoms with van der Waals surface area (Å²) in [5.41, 5.74) is 28.3. The first kappa shape index (κ1) is 89.8. The predicted molar refractivity (Wildman–Crippen MR) is 480 cm³/mol. The molecule has 0 atom stereocenters. The van der Waals surface area contributed by atoms with Crippen LogP contribution in [0.1, 0.15) is 150 Å². The molecule has 16 rings (SSSR count). The topological polar surface area (TPSA) is 358 Å². The molecule has 10 heterocycles. The van der Waals surface area contributed by atoms with Gasteiger partial charge in [-0.15, -0.1) is 0 Å². The number of nitrogens with zero attached hydrogens (tertiary/aromatic N) is 16. The van der Waals surface area contributed by atoms with Gasteiger partial charge in [0.25, 0.3) is 0 Å². The van der Waals surface area contributed by atoms with Gasteiger partial charge in [0.2, 0.25) is 35.4 Å². The molecule has 650 valence electrons. The van der Waals surface area contributed by atoms with Crippen LogP contribution < -0.4 is 32.3 Å². The maximum atomic E-state index is 11.9. The average molecular weight is 1680 g/mol. The Labute approximate surface area is 725 Å². The van der Waals surface area contributed by atoms with Gasteiger partial charge < -0.3 is 67.0 Å². The number of carbonyl (C=O) groups excluding carboxylic acids is 6. The van der Waals surface area contributed by atoms with Crippen LogP contribution in [0.25, 0.3) is 0 Å². The third-order valence-electron chi connectivity index (χ3n) is 22.5. The van der Waals surface area contributed by atoms with E-state index in [-0.39, 0.29) is 55.1 Å². The number of nitriles is 1. The number of unbranched alkanes of at least 4 members (excludes halogenated alkanes) is 1. The van der Waals surface area contributed by atoms with Crippen molar-refractivity contribution < 1.29 is 39.0 Å². The number of amides is 6. The lowest BCUT2D eigenvalue weighted by Crippen LogP contribution is -2.34. The van der Waals surface area contributed by atoms with Crippen LogP contribution in [-0.2, 0) is 126 Å². The molecule has 0 fully saturated rings. The number of aliphatic hydroxyl groups excluding tert-OH is 2. The number of nitrogens with two attached hydrogens (primary N) is 1. The van der Waals surface area contributed by atoms with Crippen molar-refractivity contribution in [3.05, 3.63) is 241 Å². The van der Waals surface area contributed by atoms with E-state index >= 15 is 0 Å². The van der Waals surface area contributed by atoms with Crippen LogP contribution in [0.4, 0.5) is 57.5 Å². The minimum Gasteiger partial charge on any atom is -0.396 e. The fourth-order valence-corrected chi connectivity index (χ4v) is 16.1. The summed E-state index contributed by atoms with van der Waals surface area (Å²) in [6, 6.07) is 53.2. The van der Waals surface area contributed by atoms with Crippen LogP contribution in [-0.4, -0.2) is 165 Å². The Morgan fingerprint density at radius 1 is 0.363 bits per heavy atom. The standard InChI is InChI=1S/C22H24N4O.C19H23N5O.C18H23N5O2.C18H24N4O2.C17H22N4O2/c1-16-7-6-10-19(13-16)23-22-20-15-25(17(2)27)12-11-21(20)26(24-22)14-18-8-4-3-5-9-18;1-14-6-5-7-16(12-14)21-19-17-13-23(15(2)25)11-8-18(17)24(22-19)10-4-3-9-20;1-12-4-3-5-14(10-12)20-18-15-11-22(13(2)24)8-6-16(15)23(21-18)9-7-17(19)25;1-13-5-3-6-15(11-13)19-18-16-12-21(14(2)24)9-7-17(16)22(20-18)8-4-10-23;1-12-4-3-5-14(10-12)18-17-15-11-20(13(2)23)7-6-16(15)21(19-17)8-9-22/h3-10,13H,11-12,14-15H2,1-2H3,(H,23,24);5-7,12H,3-4,8,10-11,13H2,1-2H3,(H,21,22);3-5,10H,6-9,11H2,1-2H3,(H2,19,25)(H,20,21);3,5-6,11,23H,4,7-10,12H2,1-2H3,(H,19,20);3-5,10,22H,6-9,11H2,1-2H3,(H,18,19). The van der Waals surface area contributed by atoms with E-state index in [1.807, 2.05) is 142 Å². The number of benzene rings is 6. The van der Waals surface area contributed by atoms with Crippen LogP contribution >= 0.6 is 0 Å². The Hall–Kier alpha value is -13.4. The molecule has 0 bridgehead atoms. The third-order valence-corrected chi connectivity index (χ3v) is 22.5. The number of fused-ring (bicyclic) bond motifs is 5. The summed E-state index contributed by atoms with van der Waals surface area (Å²) in [5, 5.41) is 67.7. The number of nitrogens with one attached hydrogen (secondary N) is 5. The molecule has 0 spiro atoms. The lowest BCUT2D eigenvalue weighted by Gasteiger charge is -2.26. The van der Waals surface area contributed by atoms with Gasteiger partial charge in [-0.2, -0.15) is 30.8 Å². The summed E-state index contributed by atoms with van der Waals surface area (Å²) in [5.74, 6) is 4.02. The average Bonchev–Trinajstić information content (AvgIpc) is 1.66. The number of aliphatic hydroxyl groups is 2. The van der Waals surface area contributed by atoms with Crippen molar-refractivity contribution in [3.63, 3.8) is 0 Å². The van der Waals surface area contributed by atoms with E-state index in [0.29, 0.717) is 78.3 Å². The molecule has 0 unspecified atom stereocenters. The van der Waals surface area contributed by atoms with E-state index in [1.165, 1.54) is 39.2 Å². The van der Waals surface area contributed by atoms with Gasteiger partial charge in [0.15, 0.2) is 29.1 Å². The lowest BCUT2D eigenvalue weighted by atomic mass is 10.1. The minimum absolute atomic E-state index is 0.0500. The molecule has 11 aromatic rings. The number of aromatic nitrogens is 10. The molecular weight excluding hydrogens is 1570 g/mol. The lowest BCUT2D eigenvalue weighted by molar-refractivity contribution is -0.130. The molecule has 0 aliphatic carbocycles. The number of primary amides is 1. The number of carbonyl (C=O) groups is 6. The first-order valence-corrected chi connectivity index (χ1v) is 42.6. The van der Waals surface area contributed by atoms with E-state index in [1.54, 1.807) is 34.6 Å².